The third-order valence-electron chi connectivity index (χ3n) is 2.75. The van der Waals surface area contributed by atoms with Crippen LogP contribution in [0.3, 0.4) is 0 Å². The van der Waals surface area contributed by atoms with Crippen molar-refractivity contribution in [1.29, 1.82) is 0 Å². The molecule has 19 heavy (non-hydrogen) atoms. The largest absolute Gasteiger partial charge is 0.362 e. The van der Waals surface area contributed by atoms with Gasteiger partial charge in [-0.05, 0) is 5.56 Å². The second-order valence-electron chi connectivity index (χ2n) is 3.98. The smallest absolute Gasteiger partial charge is 0.179 e. The predicted octanol–water partition coefficient (Wildman–Crippen LogP) is 3.13. The summed E-state index contributed by atoms with van der Waals surface area (Å²) in [6.45, 7) is 0. The quantitative estimate of drug-likeness (QED) is 0.840. The standard InChI is InChI=1S/C15H11NO2S/c17-19-14(12-7-3-1-4-8-12)11-18-16-15(19)13-9-5-2-6-10-13/h1-11H. The van der Waals surface area contributed by atoms with E-state index in [2.05, 4.69) is 5.16 Å². The highest BCUT2D eigenvalue weighted by Crippen LogP contribution is 2.25. The van der Waals surface area contributed by atoms with Gasteiger partial charge in [0.05, 0.1) is 4.91 Å². The van der Waals surface area contributed by atoms with Crippen LogP contribution in [0, 0.1) is 0 Å². The maximum absolute atomic E-state index is 12.6. The molecule has 2 aromatic rings. The van der Waals surface area contributed by atoms with Gasteiger partial charge >= 0.3 is 0 Å². The Hall–Kier alpha value is -2.20. The molecule has 0 saturated carbocycles. The molecule has 0 amide bonds. The van der Waals surface area contributed by atoms with Gasteiger partial charge in [-0.2, -0.15) is 0 Å². The molecular weight excluding hydrogens is 258 g/mol. The first-order chi connectivity index (χ1) is 9.36. The molecule has 1 aliphatic rings. The molecule has 1 atom stereocenters. The summed E-state index contributed by atoms with van der Waals surface area (Å²) in [7, 11) is -1.33. The predicted molar refractivity (Wildman–Crippen MR) is 76.6 cm³/mol. The lowest BCUT2D eigenvalue weighted by Crippen LogP contribution is -2.14. The Morgan fingerprint density at radius 2 is 1.42 bits per heavy atom. The minimum Gasteiger partial charge on any atom is -0.362 e. The second kappa shape index (κ2) is 5.20. The van der Waals surface area contributed by atoms with Gasteiger partial charge in [0, 0.05) is 5.56 Å². The molecule has 1 unspecified atom stereocenters. The van der Waals surface area contributed by atoms with E-state index in [-0.39, 0.29) is 0 Å². The second-order valence-corrected chi connectivity index (χ2v) is 5.35. The van der Waals surface area contributed by atoms with Crippen molar-refractivity contribution in [2.45, 2.75) is 0 Å². The highest BCUT2D eigenvalue weighted by atomic mass is 32.2. The average molecular weight is 269 g/mol. The molecule has 1 heterocycles. The van der Waals surface area contributed by atoms with E-state index in [0.29, 0.717) is 9.95 Å². The molecule has 0 aliphatic carbocycles. The minimum atomic E-state index is -1.33. The van der Waals surface area contributed by atoms with Gasteiger partial charge in [0.25, 0.3) is 0 Å². The van der Waals surface area contributed by atoms with Crippen LogP contribution in [-0.2, 0) is 15.6 Å². The molecule has 0 fully saturated rings. The van der Waals surface area contributed by atoms with Gasteiger partial charge in [0.15, 0.2) is 5.04 Å². The Morgan fingerprint density at radius 3 is 2.05 bits per heavy atom. The summed E-state index contributed by atoms with van der Waals surface area (Å²) in [5.74, 6) is 0. The van der Waals surface area contributed by atoms with Crippen LogP contribution in [0.2, 0.25) is 0 Å². The normalized spacial score (nSPS) is 18.2. The zero-order valence-corrected chi connectivity index (χ0v) is 10.8. The molecule has 4 heteroatoms. The van der Waals surface area contributed by atoms with Crippen LogP contribution in [-0.4, -0.2) is 9.25 Å². The average Bonchev–Trinajstić information content (AvgIpc) is 2.49. The van der Waals surface area contributed by atoms with Gasteiger partial charge < -0.3 is 4.84 Å². The Labute approximate surface area is 113 Å². The summed E-state index contributed by atoms with van der Waals surface area (Å²) in [5.41, 5.74) is 1.69. The zero-order valence-electron chi connectivity index (χ0n) is 10.0. The maximum atomic E-state index is 12.6. The van der Waals surface area contributed by atoms with Gasteiger partial charge in [-0.25, -0.2) is 4.21 Å². The first kappa shape index (κ1) is 11.9. The van der Waals surface area contributed by atoms with Crippen molar-refractivity contribution in [3.05, 3.63) is 78.1 Å². The van der Waals surface area contributed by atoms with Crippen LogP contribution in [0.4, 0.5) is 0 Å². The first-order valence-corrected chi connectivity index (χ1v) is 6.98. The van der Waals surface area contributed by atoms with E-state index in [1.54, 1.807) is 0 Å². The summed E-state index contributed by atoms with van der Waals surface area (Å²) >= 11 is 0. The Balaban J connectivity index is 1.97. The fourth-order valence-electron chi connectivity index (χ4n) is 1.82. The summed E-state index contributed by atoms with van der Waals surface area (Å²) in [6, 6.07) is 18.9. The van der Waals surface area contributed by atoms with Gasteiger partial charge in [0.1, 0.15) is 17.1 Å². The van der Waals surface area contributed by atoms with Gasteiger partial charge in [-0.1, -0.05) is 65.8 Å². The van der Waals surface area contributed by atoms with E-state index < -0.39 is 10.8 Å². The molecule has 0 radical (unpaired) electrons. The van der Waals surface area contributed by atoms with E-state index in [1.165, 1.54) is 6.26 Å². The van der Waals surface area contributed by atoms with Crippen molar-refractivity contribution in [1.82, 2.24) is 0 Å². The summed E-state index contributed by atoms with van der Waals surface area (Å²) in [4.78, 5) is 5.74. The van der Waals surface area contributed by atoms with Crippen LogP contribution < -0.4 is 0 Å². The highest BCUT2D eigenvalue weighted by Gasteiger charge is 2.22. The Bertz CT molecular complexity index is 606. The number of rotatable bonds is 2. The Morgan fingerprint density at radius 1 is 0.842 bits per heavy atom. The molecule has 94 valence electrons. The number of hydrogen-bond donors (Lipinski definition) is 0. The molecular formula is C15H11NO2S. The first-order valence-electron chi connectivity index (χ1n) is 5.83. The third kappa shape index (κ3) is 2.35. The summed E-state index contributed by atoms with van der Waals surface area (Å²) < 4.78 is 12.6. The molecule has 0 aromatic heterocycles. The van der Waals surface area contributed by atoms with Crippen LogP contribution in [0.15, 0.2) is 72.1 Å². The van der Waals surface area contributed by atoms with E-state index in [0.717, 1.165) is 11.1 Å². The van der Waals surface area contributed by atoms with Crippen molar-refractivity contribution in [3.8, 4) is 0 Å². The number of nitrogens with zero attached hydrogens (tertiary/aromatic N) is 1. The molecule has 2 aromatic carbocycles. The highest BCUT2D eigenvalue weighted by molar-refractivity contribution is 8.09. The van der Waals surface area contributed by atoms with Crippen LogP contribution >= 0.6 is 0 Å². The number of oxime groups is 1. The maximum Gasteiger partial charge on any atom is 0.179 e. The molecule has 0 bridgehead atoms. The topological polar surface area (TPSA) is 38.7 Å². The van der Waals surface area contributed by atoms with Gasteiger partial charge in [-0.15, -0.1) is 0 Å². The van der Waals surface area contributed by atoms with Crippen molar-refractivity contribution in [3.63, 3.8) is 0 Å². The lowest BCUT2D eigenvalue weighted by Gasteiger charge is -2.13. The number of hydrogen-bond acceptors (Lipinski definition) is 3. The monoisotopic (exact) mass is 269 g/mol. The van der Waals surface area contributed by atoms with E-state index in [4.69, 9.17) is 4.84 Å². The molecule has 0 spiro atoms. The third-order valence-corrected chi connectivity index (χ3v) is 4.14. The fourth-order valence-corrected chi connectivity index (χ4v) is 2.97. The lowest BCUT2D eigenvalue weighted by molar-refractivity contribution is 0.271. The van der Waals surface area contributed by atoms with Gasteiger partial charge in [0.2, 0.25) is 0 Å². The van der Waals surface area contributed by atoms with Crippen molar-refractivity contribution in [2.75, 3.05) is 0 Å². The van der Waals surface area contributed by atoms with Crippen LogP contribution in [0.25, 0.3) is 4.91 Å². The van der Waals surface area contributed by atoms with Crippen LogP contribution in [0.5, 0.6) is 0 Å². The fraction of sp³-hybridized carbons (Fsp3) is 0. The van der Waals surface area contributed by atoms with Crippen molar-refractivity contribution < 1.29 is 9.05 Å². The van der Waals surface area contributed by atoms with E-state index in [9.17, 15) is 4.21 Å². The van der Waals surface area contributed by atoms with Crippen molar-refractivity contribution in [2.24, 2.45) is 5.16 Å². The van der Waals surface area contributed by atoms with Crippen LogP contribution in [0.1, 0.15) is 11.1 Å². The lowest BCUT2D eigenvalue weighted by atomic mass is 10.2. The van der Waals surface area contributed by atoms with Gasteiger partial charge in [-0.3, -0.25) is 0 Å². The zero-order chi connectivity index (χ0) is 13.1. The number of benzene rings is 2. The molecule has 0 saturated heterocycles. The summed E-state index contributed by atoms with van der Waals surface area (Å²) in [6.07, 6.45) is 1.44. The molecule has 0 N–H and O–H groups in total. The minimum absolute atomic E-state index is 0.446. The van der Waals surface area contributed by atoms with E-state index in [1.807, 2.05) is 60.7 Å². The van der Waals surface area contributed by atoms with Crippen molar-refractivity contribution >= 4 is 20.7 Å². The molecule has 3 nitrogen and oxygen atoms in total. The molecule has 1 aliphatic heterocycles. The summed E-state index contributed by atoms with van der Waals surface area (Å²) in [5, 5.41) is 4.34. The SMILES string of the molecule is O=S1C(c2ccccc2)=CON=C1c1ccccc1. The molecule has 3 rings (SSSR count). The Kier molecular flexibility index (Phi) is 3.25. The van der Waals surface area contributed by atoms with E-state index >= 15 is 0 Å².